The zero-order valence-electron chi connectivity index (χ0n) is 17.2. The molecule has 0 aliphatic carbocycles. The van der Waals surface area contributed by atoms with Crippen LogP contribution in [0.15, 0.2) is 24.3 Å². The predicted octanol–water partition coefficient (Wildman–Crippen LogP) is 3.52. The van der Waals surface area contributed by atoms with E-state index in [2.05, 4.69) is 5.32 Å². The Hall–Kier alpha value is -2.24. The molecule has 2 rings (SSSR count). The first-order chi connectivity index (χ1) is 12.7. The van der Waals surface area contributed by atoms with E-state index < -0.39 is 5.60 Å². The second-order valence-electron chi connectivity index (χ2n) is 8.42. The number of hydrogen-bond acceptors (Lipinski definition) is 4. The number of ether oxygens (including phenoxy) is 1. The van der Waals surface area contributed by atoms with Crippen molar-refractivity contribution in [2.24, 2.45) is 5.92 Å². The SMILES string of the molecule is CN(C)c1ccc(C(=O)NCCC2CCCN(C(=O)OC(C)(C)C)C2)cc1. The van der Waals surface area contributed by atoms with Crippen LogP contribution in [0.3, 0.4) is 0 Å². The maximum Gasteiger partial charge on any atom is 0.410 e. The van der Waals surface area contributed by atoms with Gasteiger partial charge in [-0.1, -0.05) is 0 Å². The van der Waals surface area contributed by atoms with Gasteiger partial charge in [-0.2, -0.15) is 0 Å². The number of amides is 2. The summed E-state index contributed by atoms with van der Waals surface area (Å²) in [6.07, 6.45) is 2.68. The molecular formula is C21H33N3O3. The molecule has 0 spiro atoms. The molecule has 0 aromatic heterocycles. The van der Waals surface area contributed by atoms with Crippen molar-refractivity contribution < 1.29 is 14.3 Å². The topological polar surface area (TPSA) is 61.9 Å². The van der Waals surface area contributed by atoms with Crippen LogP contribution in [0.5, 0.6) is 0 Å². The predicted molar refractivity (Wildman–Crippen MR) is 108 cm³/mol. The number of carbonyl (C=O) groups excluding carboxylic acids is 2. The summed E-state index contributed by atoms with van der Waals surface area (Å²) in [5.74, 6) is 0.336. The minimum Gasteiger partial charge on any atom is -0.444 e. The van der Waals surface area contributed by atoms with E-state index in [0.29, 0.717) is 24.6 Å². The van der Waals surface area contributed by atoms with Gasteiger partial charge in [-0.05, 0) is 70.2 Å². The number of rotatable bonds is 5. The van der Waals surface area contributed by atoms with Crippen molar-refractivity contribution in [2.75, 3.05) is 38.6 Å². The number of anilines is 1. The van der Waals surface area contributed by atoms with Gasteiger partial charge in [0.15, 0.2) is 0 Å². The van der Waals surface area contributed by atoms with Crippen LogP contribution in [0, 0.1) is 5.92 Å². The number of likely N-dealkylation sites (tertiary alicyclic amines) is 1. The fourth-order valence-corrected chi connectivity index (χ4v) is 3.20. The van der Waals surface area contributed by atoms with E-state index in [1.54, 1.807) is 4.90 Å². The smallest absolute Gasteiger partial charge is 0.410 e. The van der Waals surface area contributed by atoms with Crippen molar-refractivity contribution in [1.29, 1.82) is 0 Å². The standard InChI is InChI=1S/C21H33N3O3/c1-21(2,3)27-20(26)24-14-6-7-16(15-24)12-13-22-19(25)17-8-10-18(11-9-17)23(4)5/h8-11,16H,6-7,12-15H2,1-5H3,(H,22,25). The highest BCUT2D eigenvalue weighted by atomic mass is 16.6. The summed E-state index contributed by atoms with van der Waals surface area (Å²) in [5.41, 5.74) is 1.26. The summed E-state index contributed by atoms with van der Waals surface area (Å²) >= 11 is 0. The van der Waals surface area contributed by atoms with E-state index in [0.717, 1.165) is 31.5 Å². The molecule has 0 radical (unpaired) electrons. The highest BCUT2D eigenvalue weighted by Crippen LogP contribution is 2.21. The number of carbonyl (C=O) groups is 2. The van der Waals surface area contributed by atoms with Crippen LogP contribution in [0.4, 0.5) is 10.5 Å². The third-order valence-electron chi connectivity index (χ3n) is 4.65. The maximum absolute atomic E-state index is 12.3. The molecule has 0 bridgehead atoms. The summed E-state index contributed by atoms with van der Waals surface area (Å²) in [6.45, 7) is 7.70. The molecule has 150 valence electrons. The first-order valence-corrected chi connectivity index (χ1v) is 9.69. The normalized spacial score (nSPS) is 17.4. The van der Waals surface area contributed by atoms with Gasteiger partial charge in [-0.25, -0.2) is 4.79 Å². The van der Waals surface area contributed by atoms with Gasteiger partial charge in [0.25, 0.3) is 5.91 Å². The number of hydrogen-bond donors (Lipinski definition) is 1. The average Bonchev–Trinajstić information content (AvgIpc) is 2.60. The van der Waals surface area contributed by atoms with Gasteiger partial charge in [0.2, 0.25) is 0 Å². The van der Waals surface area contributed by atoms with E-state index in [-0.39, 0.29) is 12.0 Å². The largest absolute Gasteiger partial charge is 0.444 e. The number of benzene rings is 1. The molecule has 0 saturated carbocycles. The molecule has 1 atom stereocenters. The van der Waals surface area contributed by atoms with Crippen LogP contribution in [-0.2, 0) is 4.74 Å². The molecule has 1 heterocycles. The minimum absolute atomic E-state index is 0.0555. The fraction of sp³-hybridized carbons (Fsp3) is 0.619. The number of nitrogens with zero attached hydrogens (tertiary/aromatic N) is 2. The maximum atomic E-state index is 12.3. The van der Waals surface area contributed by atoms with Crippen LogP contribution in [0.1, 0.15) is 50.4 Å². The quantitative estimate of drug-likeness (QED) is 0.855. The summed E-state index contributed by atoms with van der Waals surface area (Å²) in [6, 6.07) is 7.56. The van der Waals surface area contributed by atoms with Gasteiger partial charge >= 0.3 is 6.09 Å². The third kappa shape index (κ3) is 6.77. The summed E-state index contributed by atoms with van der Waals surface area (Å²) in [5, 5.41) is 2.99. The first kappa shape index (κ1) is 21.1. The van der Waals surface area contributed by atoms with Crippen LogP contribution in [0.2, 0.25) is 0 Å². The molecule has 1 unspecified atom stereocenters. The zero-order chi connectivity index (χ0) is 20.0. The van der Waals surface area contributed by atoms with Crippen molar-refractivity contribution in [3.63, 3.8) is 0 Å². The van der Waals surface area contributed by atoms with Crippen molar-refractivity contribution in [3.8, 4) is 0 Å². The van der Waals surface area contributed by atoms with Crippen LogP contribution < -0.4 is 10.2 Å². The molecule has 1 aliphatic heterocycles. The third-order valence-corrected chi connectivity index (χ3v) is 4.65. The van der Waals surface area contributed by atoms with Gasteiger partial charge in [0.05, 0.1) is 0 Å². The molecule has 1 fully saturated rings. The van der Waals surface area contributed by atoms with Crippen molar-refractivity contribution in [2.45, 2.75) is 45.6 Å². The van der Waals surface area contributed by atoms with Gasteiger partial charge < -0.3 is 19.9 Å². The molecule has 1 saturated heterocycles. The molecule has 2 amide bonds. The number of nitrogens with one attached hydrogen (secondary N) is 1. The number of piperidine rings is 1. The molecular weight excluding hydrogens is 342 g/mol. The fourth-order valence-electron chi connectivity index (χ4n) is 3.20. The van der Waals surface area contributed by atoms with Gasteiger partial charge in [0.1, 0.15) is 5.60 Å². The zero-order valence-corrected chi connectivity index (χ0v) is 17.2. The lowest BCUT2D eigenvalue weighted by Crippen LogP contribution is -2.43. The van der Waals surface area contributed by atoms with Crippen molar-refractivity contribution in [1.82, 2.24) is 10.2 Å². The molecule has 6 nitrogen and oxygen atoms in total. The first-order valence-electron chi connectivity index (χ1n) is 9.69. The summed E-state index contributed by atoms with van der Waals surface area (Å²) in [4.78, 5) is 28.3. The Morgan fingerprint density at radius 2 is 1.89 bits per heavy atom. The van der Waals surface area contributed by atoms with E-state index >= 15 is 0 Å². The molecule has 27 heavy (non-hydrogen) atoms. The Morgan fingerprint density at radius 1 is 1.22 bits per heavy atom. The molecule has 1 aliphatic rings. The lowest BCUT2D eigenvalue weighted by Gasteiger charge is -2.34. The second-order valence-corrected chi connectivity index (χ2v) is 8.42. The Labute approximate surface area is 162 Å². The molecule has 1 aromatic carbocycles. The summed E-state index contributed by atoms with van der Waals surface area (Å²) < 4.78 is 5.47. The Morgan fingerprint density at radius 3 is 2.48 bits per heavy atom. The van der Waals surface area contributed by atoms with Crippen molar-refractivity contribution in [3.05, 3.63) is 29.8 Å². The van der Waals surface area contributed by atoms with E-state index in [1.807, 2.05) is 64.0 Å². The van der Waals surface area contributed by atoms with Gasteiger partial charge in [-0.15, -0.1) is 0 Å². The van der Waals surface area contributed by atoms with E-state index in [1.165, 1.54) is 0 Å². The van der Waals surface area contributed by atoms with Crippen LogP contribution >= 0.6 is 0 Å². The molecule has 1 N–H and O–H groups in total. The van der Waals surface area contributed by atoms with E-state index in [9.17, 15) is 9.59 Å². The highest BCUT2D eigenvalue weighted by Gasteiger charge is 2.27. The lowest BCUT2D eigenvalue weighted by atomic mass is 9.95. The van der Waals surface area contributed by atoms with Gasteiger partial charge in [-0.3, -0.25) is 4.79 Å². The van der Waals surface area contributed by atoms with Gasteiger partial charge in [0, 0.05) is 45.0 Å². The average molecular weight is 376 g/mol. The summed E-state index contributed by atoms with van der Waals surface area (Å²) in [7, 11) is 3.94. The molecule has 1 aromatic rings. The molecule has 6 heteroatoms. The lowest BCUT2D eigenvalue weighted by molar-refractivity contribution is 0.0161. The van der Waals surface area contributed by atoms with Crippen LogP contribution in [-0.4, -0.2) is 56.2 Å². The Balaban J connectivity index is 1.77. The Kier molecular flexibility index (Phi) is 7.11. The second kappa shape index (κ2) is 9.11. The highest BCUT2D eigenvalue weighted by molar-refractivity contribution is 5.94. The Bertz CT molecular complexity index is 635. The van der Waals surface area contributed by atoms with Crippen molar-refractivity contribution >= 4 is 17.7 Å². The van der Waals surface area contributed by atoms with Crippen LogP contribution in [0.25, 0.3) is 0 Å². The monoisotopic (exact) mass is 375 g/mol. The van der Waals surface area contributed by atoms with E-state index in [4.69, 9.17) is 4.74 Å². The minimum atomic E-state index is -0.472.